The molecule has 0 spiro atoms. The van der Waals surface area contributed by atoms with E-state index < -0.39 is 11.5 Å². The van der Waals surface area contributed by atoms with Crippen LogP contribution in [0.5, 0.6) is 0 Å². The number of amides is 2. The van der Waals surface area contributed by atoms with E-state index in [1.165, 1.54) is 0 Å². The Hall–Kier alpha value is -3.09. The van der Waals surface area contributed by atoms with Gasteiger partial charge in [0.25, 0.3) is 0 Å². The highest BCUT2D eigenvalue weighted by Gasteiger charge is 2.31. The SMILES string of the molecule is C=C(C)c1cccc(C(C)(C)NC(=O)N2CCc3c(c(C(=O)O)nn3C)C2)c1. The fourth-order valence-corrected chi connectivity index (χ4v) is 3.53. The lowest BCUT2D eigenvalue weighted by molar-refractivity contribution is 0.0687. The second-order valence-corrected chi connectivity index (χ2v) is 7.79. The summed E-state index contributed by atoms with van der Waals surface area (Å²) in [5.41, 5.74) is 3.88. The van der Waals surface area contributed by atoms with Gasteiger partial charge in [-0.1, -0.05) is 30.4 Å². The van der Waals surface area contributed by atoms with Crippen LogP contribution in [0.15, 0.2) is 30.8 Å². The van der Waals surface area contributed by atoms with Crippen LogP contribution in [-0.2, 0) is 25.6 Å². The van der Waals surface area contributed by atoms with Gasteiger partial charge in [-0.05, 0) is 38.0 Å². The third kappa shape index (κ3) is 3.65. The number of rotatable bonds is 4. The van der Waals surface area contributed by atoms with Crippen molar-refractivity contribution in [3.05, 3.63) is 58.9 Å². The molecule has 2 aromatic rings. The molecule has 0 radical (unpaired) electrons. The third-order valence-corrected chi connectivity index (χ3v) is 5.23. The van der Waals surface area contributed by atoms with E-state index in [-0.39, 0.29) is 18.3 Å². The van der Waals surface area contributed by atoms with Gasteiger partial charge in [0.15, 0.2) is 5.69 Å². The summed E-state index contributed by atoms with van der Waals surface area (Å²) >= 11 is 0. The van der Waals surface area contributed by atoms with Crippen molar-refractivity contribution < 1.29 is 14.7 Å². The van der Waals surface area contributed by atoms with E-state index in [2.05, 4.69) is 17.0 Å². The van der Waals surface area contributed by atoms with Crippen molar-refractivity contribution >= 4 is 17.6 Å². The van der Waals surface area contributed by atoms with Gasteiger partial charge in [0.2, 0.25) is 0 Å². The zero-order chi connectivity index (χ0) is 20.6. The molecule has 1 aromatic heterocycles. The Morgan fingerprint density at radius 1 is 1.32 bits per heavy atom. The minimum atomic E-state index is -1.07. The average molecular weight is 382 g/mol. The van der Waals surface area contributed by atoms with Crippen LogP contribution in [0.25, 0.3) is 5.57 Å². The van der Waals surface area contributed by atoms with Crippen molar-refractivity contribution in [2.24, 2.45) is 7.05 Å². The lowest BCUT2D eigenvalue weighted by atomic mass is 9.91. The lowest BCUT2D eigenvalue weighted by Crippen LogP contribution is -2.49. The van der Waals surface area contributed by atoms with E-state index >= 15 is 0 Å². The molecule has 2 amide bonds. The fraction of sp³-hybridized carbons (Fsp3) is 0.381. The Labute approximate surface area is 164 Å². The van der Waals surface area contributed by atoms with Crippen LogP contribution in [0, 0.1) is 0 Å². The summed E-state index contributed by atoms with van der Waals surface area (Å²) in [5, 5.41) is 16.5. The molecule has 7 nitrogen and oxygen atoms in total. The summed E-state index contributed by atoms with van der Waals surface area (Å²) in [6.45, 7) is 10.6. The quantitative estimate of drug-likeness (QED) is 0.850. The first-order valence-electron chi connectivity index (χ1n) is 9.21. The van der Waals surface area contributed by atoms with Gasteiger partial charge in [-0.2, -0.15) is 5.10 Å². The van der Waals surface area contributed by atoms with E-state index in [4.69, 9.17) is 0 Å². The van der Waals surface area contributed by atoms with E-state index in [0.29, 0.717) is 18.5 Å². The molecule has 1 aromatic carbocycles. The summed E-state index contributed by atoms with van der Waals surface area (Å²) in [7, 11) is 1.73. The largest absolute Gasteiger partial charge is 0.476 e. The second-order valence-electron chi connectivity index (χ2n) is 7.79. The van der Waals surface area contributed by atoms with Crippen LogP contribution in [0.1, 0.15) is 53.6 Å². The maximum absolute atomic E-state index is 12.9. The molecule has 3 rings (SSSR count). The van der Waals surface area contributed by atoms with Crippen molar-refractivity contribution in [1.82, 2.24) is 20.0 Å². The molecule has 7 heteroatoms. The first-order chi connectivity index (χ1) is 13.1. The van der Waals surface area contributed by atoms with Crippen LogP contribution in [0.4, 0.5) is 4.79 Å². The molecule has 2 heterocycles. The average Bonchev–Trinajstić information content (AvgIpc) is 2.98. The van der Waals surface area contributed by atoms with Crippen molar-refractivity contribution in [3.63, 3.8) is 0 Å². The van der Waals surface area contributed by atoms with Crippen LogP contribution in [0.2, 0.25) is 0 Å². The number of benzene rings is 1. The maximum Gasteiger partial charge on any atom is 0.356 e. The molecule has 148 valence electrons. The van der Waals surface area contributed by atoms with Gasteiger partial charge in [0.1, 0.15) is 0 Å². The first kappa shape index (κ1) is 19.7. The smallest absolute Gasteiger partial charge is 0.356 e. The molecule has 1 aliphatic heterocycles. The number of hydrogen-bond donors (Lipinski definition) is 2. The molecule has 0 aliphatic carbocycles. The first-order valence-corrected chi connectivity index (χ1v) is 9.21. The third-order valence-electron chi connectivity index (χ3n) is 5.23. The second kappa shape index (κ2) is 7.14. The topological polar surface area (TPSA) is 87.5 Å². The van der Waals surface area contributed by atoms with Crippen LogP contribution >= 0.6 is 0 Å². The molecule has 0 saturated carbocycles. The minimum absolute atomic E-state index is 0.0171. The summed E-state index contributed by atoms with van der Waals surface area (Å²) in [6, 6.07) is 7.73. The molecule has 0 saturated heterocycles. The molecule has 0 atom stereocenters. The van der Waals surface area contributed by atoms with Crippen molar-refractivity contribution in [2.45, 2.75) is 39.3 Å². The van der Waals surface area contributed by atoms with Gasteiger partial charge in [-0.25, -0.2) is 9.59 Å². The van der Waals surface area contributed by atoms with E-state index in [0.717, 1.165) is 22.4 Å². The lowest BCUT2D eigenvalue weighted by Gasteiger charge is -2.33. The van der Waals surface area contributed by atoms with Crippen molar-refractivity contribution in [2.75, 3.05) is 6.54 Å². The highest BCUT2D eigenvalue weighted by molar-refractivity contribution is 5.88. The number of hydrogen-bond acceptors (Lipinski definition) is 3. The number of aryl methyl sites for hydroxylation is 1. The Morgan fingerprint density at radius 3 is 2.68 bits per heavy atom. The van der Waals surface area contributed by atoms with Gasteiger partial charge in [-0.15, -0.1) is 0 Å². The Bertz CT molecular complexity index is 959. The van der Waals surface area contributed by atoms with Crippen molar-refractivity contribution in [1.29, 1.82) is 0 Å². The predicted molar refractivity (Wildman–Crippen MR) is 107 cm³/mol. The van der Waals surface area contributed by atoms with E-state index in [1.807, 2.05) is 45.0 Å². The monoisotopic (exact) mass is 382 g/mol. The number of carbonyl (C=O) groups excluding carboxylic acids is 1. The number of allylic oxidation sites excluding steroid dienone is 1. The van der Waals surface area contributed by atoms with Gasteiger partial charge in [0.05, 0.1) is 12.1 Å². The van der Waals surface area contributed by atoms with E-state index in [9.17, 15) is 14.7 Å². The van der Waals surface area contributed by atoms with Gasteiger partial charge in [-0.3, -0.25) is 4.68 Å². The number of nitrogens with one attached hydrogen (secondary N) is 1. The normalized spacial score (nSPS) is 13.8. The molecule has 0 bridgehead atoms. The van der Waals surface area contributed by atoms with Crippen LogP contribution in [-0.4, -0.2) is 38.3 Å². The zero-order valence-electron chi connectivity index (χ0n) is 16.7. The van der Waals surface area contributed by atoms with Crippen LogP contribution in [0.3, 0.4) is 0 Å². The highest BCUT2D eigenvalue weighted by Crippen LogP contribution is 2.26. The summed E-state index contributed by atoms with van der Waals surface area (Å²) in [6.07, 6.45) is 0.575. The number of carboxylic acids is 1. The van der Waals surface area contributed by atoms with Crippen molar-refractivity contribution in [3.8, 4) is 0 Å². The predicted octanol–water partition coefficient (Wildman–Crippen LogP) is 3.15. The number of carbonyl (C=O) groups is 2. The number of carboxylic acid groups (broad SMARTS) is 1. The molecule has 0 fully saturated rings. The maximum atomic E-state index is 12.9. The standard InChI is InChI=1S/C21H26N4O3/c1-13(2)14-7-6-8-15(11-14)21(3,4)22-20(28)25-10-9-17-16(12-25)18(19(26)27)23-24(17)5/h6-8,11H,1,9-10,12H2,2-5H3,(H,22,28)(H,26,27). The molecule has 2 N–H and O–H groups in total. The zero-order valence-corrected chi connectivity index (χ0v) is 16.7. The summed E-state index contributed by atoms with van der Waals surface area (Å²) in [4.78, 5) is 26.0. The minimum Gasteiger partial charge on any atom is -0.476 e. The van der Waals surface area contributed by atoms with Gasteiger partial charge < -0.3 is 15.3 Å². The highest BCUT2D eigenvalue weighted by atomic mass is 16.4. The number of aromatic carboxylic acids is 1. The fourth-order valence-electron chi connectivity index (χ4n) is 3.53. The molecular formula is C21H26N4O3. The molecular weight excluding hydrogens is 356 g/mol. The molecule has 28 heavy (non-hydrogen) atoms. The Balaban J connectivity index is 1.79. The Morgan fingerprint density at radius 2 is 2.04 bits per heavy atom. The van der Waals surface area contributed by atoms with Gasteiger partial charge >= 0.3 is 12.0 Å². The van der Waals surface area contributed by atoms with Gasteiger partial charge in [0, 0.05) is 31.3 Å². The summed E-state index contributed by atoms with van der Waals surface area (Å²) in [5.74, 6) is -1.07. The summed E-state index contributed by atoms with van der Waals surface area (Å²) < 4.78 is 1.60. The number of nitrogens with zero attached hydrogens (tertiary/aromatic N) is 3. The van der Waals surface area contributed by atoms with E-state index in [1.54, 1.807) is 16.6 Å². The number of urea groups is 1. The molecule has 1 aliphatic rings. The molecule has 0 unspecified atom stereocenters. The Kier molecular flexibility index (Phi) is 5.02. The number of aromatic nitrogens is 2. The van der Waals surface area contributed by atoms with Crippen LogP contribution < -0.4 is 5.32 Å². The number of fused-ring (bicyclic) bond motifs is 1.